The van der Waals surface area contributed by atoms with Gasteiger partial charge in [-0.1, -0.05) is 194 Å². The molecule has 286 valence electrons. The van der Waals surface area contributed by atoms with Crippen LogP contribution < -0.4 is 0 Å². The van der Waals surface area contributed by atoms with E-state index in [0.717, 1.165) is 66.8 Å². The molecule has 0 N–H and O–H groups in total. The predicted octanol–water partition coefficient (Wildman–Crippen LogP) is 15.6. The first-order valence-electron chi connectivity index (χ1n) is 20.5. The SMILES string of the molecule is c1ccc(-c2cc(-c3ccccc3)cc(-c3c(-c4ccc(-c5cc(-c6ccccc6)nc(-c6ccccc6)n5)cc4)sc4c3c(-c3ccccc3)nc3ccccc34)c2)cc1. The zero-order chi connectivity index (χ0) is 40.5. The van der Waals surface area contributed by atoms with Crippen molar-refractivity contribution in [3.63, 3.8) is 0 Å². The van der Waals surface area contributed by atoms with Crippen molar-refractivity contribution < 1.29 is 0 Å². The van der Waals surface area contributed by atoms with E-state index in [-0.39, 0.29) is 0 Å². The van der Waals surface area contributed by atoms with E-state index < -0.39 is 0 Å². The van der Waals surface area contributed by atoms with Crippen molar-refractivity contribution in [2.24, 2.45) is 0 Å². The summed E-state index contributed by atoms with van der Waals surface area (Å²) in [5.74, 6) is 0.702. The van der Waals surface area contributed by atoms with E-state index in [1.165, 1.54) is 37.4 Å². The van der Waals surface area contributed by atoms with Crippen LogP contribution in [-0.4, -0.2) is 15.0 Å². The number of benzene rings is 8. The fraction of sp³-hybridized carbons (Fsp3) is 0. The number of aromatic nitrogens is 3. The molecule has 0 radical (unpaired) electrons. The Balaban J connectivity index is 1.16. The summed E-state index contributed by atoms with van der Waals surface area (Å²) in [6, 6.07) is 79.2. The Bertz CT molecular complexity index is 3200. The van der Waals surface area contributed by atoms with Crippen LogP contribution >= 0.6 is 11.3 Å². The highest BCUT2D eigenvalue weighted by molar-refractivity contribution is 7.24. The van der Waals surface area contributed by atoms with Crippen LogP contribution in [0, 0.1) is 0 Å². The molecule has 0 aliphatic carbocycles. The van der Waals surface area contributed by atoms with Crippen molar-refractivity contribution in [3.8, 4) is 89.0 Å². The molecule has 0 atom stereocenters. The van der Waals surface area contributed by atoms with Crippen molar-refractivity contribution in [3.05, 3.63) is 224 Å². The average Bonchev–Trinajstić information content (AvgIpc) is 3.76. The third-order valence-corrected chi connectivity index (χ3v) is 12.6. The maximum Gasteiger partial charge on any atom is 0.160 e. The van der Waals surface area contributed by atoms with Gasteiger partial charge in [0.05, 0.1) is 22.6 Å². The quantitative estimate of drug-likeness (QED) is 0.154. The summed E-state index contributed by atoms with van der Waals surface area (Å²) in [4.78, 5) is 16.8. The molecule has 3 nitrogen and oxygen atoms in total. The molecule has 11 aromatic rings. The van der Waals surface area contributed by atoms with Crippen LogP contribution in [-0.2, 0) is 0 Å². The lowest BCUT2D eigenvalue weighted by Crippen LogP contribution is -1.95. The smallest absolute Gasteiger partial charge is 0.160 e. The first-order chi connectivity index (χ1) is 30.2. The van der Waals surface area contributed by atoms with Gasteiger partial charge < -0.3 is 0 Å². The molecule has 8 aromatic carbocycles. The Morgan fingerprint density at radius 3 is 1.33 bits per heavy atom. The molecule has 0 aliphatic rings. The standard InChI is InChI=1S/C57H37N3S/c1-6-18-38(19-7-1)45-34-46(39-20-8-2-9-21-39)36-47(35-45)52-53-54(42-24-12-4-13-25-42)58-49-29-17-16-28-48(49)56(53)61-55(52)43-32-30-41(31-33-43)51-37-50(40-22-10-3-11-23-40)59-57(60-51)44-26-14-5-15-27-44/h1-37H. The first-order valence-corrected chi connectivity index (χ1v) is 21.3. The minimum absolute atomic E-state index is 0.702. The molecule has 0 amide bonds. The van der Waals surface area contributed by atoms with Crippen LogP contribution in [0.3, 0.4) is 0 Å². The summed E-state index contributed by atoms with van der Waals surface area (Å²) >= 11 is 1.85. The predicted molar refractivity (Wildman–Crippen MR) is 256 cm³/mol. The Morgan fingerprint density at radius 2 is 0.754 bits per heavy atom. The number of para-hydroxylation sites is 1. The third-order valence-electron chi connectivity index (χ3n) is 11.3. The molecule has 11 rings (SSSR count). The molecule has 0 saturated carbocycles. The number of hydrogen-bond acceptors (Lipinski definition) is 4. The van der Waals surface area contributed by atoms with Gasteiger partial charge in [-0.2, -0.15) is 0 Å². The summed E-state index contributed by atoms with van der Waals surface area (Å²) in [5, 5.41) is 2.31. The van der Waals surface area contributed by atoms with Gasteiger partial charge in [0.15, 0.2) is 5.82 Å². The fourth-order valence-electron chi connectivity index (χ4n) is 8.30. The Morgan fingerprint density at radius 1 is 0.311 bits per heavy atom. The van der Waals surface area contributed by atoms with Crippen LogP contribution in [0.2, 0.25) is 0 Å². The largest absolute Gasteiger partial charge is 0.247 e. The normalized spacial score (nSPS) is 11.3. The van der Waals surface area contributed by atoms with Crippen molar-refractivity contribution in [2.75, 3.05) is 0 Å². The van der Waals surface area contributed by atoms with Gasteiger partial charge in [-0.15, -0.1) is 11.3 Å². The molecule has 0 bridgehead atoms. The van der Waals surface area contributed by atoms with E-state index in [1.807, 2.05) is 35.6 Å². The molecule has 0 fully saturated rings. The second-order valence-corrected chi connectivity index (χ2v) is 16.2. The number of pyridine rings is 1. The zero-order valence-corrected chi connectivity index (χ0v) is 33.9. The highest BCUT2D eigenvalue weighted by Gasteiger charge is 2.24. The number of rotatable bonds is 8. The molecule has 4 heteroatoms. The lowest BCUT2D eigenvalue weighted by Gasteiger charge is -2.15. The van der Waals surface area contributed by atoms with Crippen LogP contribution in [0.1, 0.15) is 0 Å². The third kappa shape index (κ3) is 6.99. The summed E-state index contributed by atoms with van der Waals surface area (Å²) in [5.41, 5.74) is 16.0. The van der Waals surface area contributed by atoms with Crippen molar-refractivity contribution >= 4 is 32.3 Å². The molecule has 61 heavy (non-hydrogen) atoms. The van der Waals surface area contributed by atoms with Gasteiger partial charge in [0.2, 0.25) is 0 Å². The maximum atomic E-state index is 5.44. The lowest BCUT2D eigenvalue weighted by molar-refractivity contribution is 1.18. The van der Waals surface area contributed by atoms with E-state index >= 15 is 0 Å². The maximum absolute atomic E-state index is 5.44. The van der Waals surface area contributed by atoms with Gasteiger partial charge >= 0.3 is 0 Å². The van der Waals surface area contributed by atoms with Gasteiger partial charge in [-0.3, -0.25) is 0 Å². The topological polar surface area (TPSA) is 38.7 Å². The lowest BCUT2D eigenvalue weighted by atomic mass is 9.90. The fourth-order valence-corrected chi connectivity index (χ4v) is 9.66. The molecule has 0 saturated heterocycles. The average molecular weight is 796 g/mol. The highest BCUT2D eigenvalue weighted by Crippen LogP contribution is 2.51. The summed E-state index contributed by atoms with van der Waals surface area (Å²) in [6.07, 6.45) is 0. The van der Waals surface area contributed by atoms with E-state index in [4.69, 9.17) is 15.0 Å². The molecule has 0 aliphatic heterocycles. The van der Waals surface area contributed by atoms with Gasteiger partial charge in [0, 0.05) is 48.2 Å². The number of thiophene rings is 1. The molecular weight excluding hydrogens is 759 g/mol. The van der Waals surface area contributed by atoms with Crippen LogP contribution in [0.4, 0.5) is 0 Å². The molecule has 0 spiro atoms. The monoisotopic (exact) mass is 795 g/mol. The highest BCUT2D eigenvalue weighted by atomic mass is 32.1. The van der Waals surface area contributed by atoms with Crippen molar-refractivity contribution in [1.82, 2.24) is 15.0 Å². The number of fused-ring (bicyclic) bond motifs is 3. The van der Waals surface area contributed by atoms with Crippen molar-refractivity contribution in [1.29, 1.82) is 0 Å². The molecule has 0 unspecified atom stereocenters. The molecule has 3 aromatic heterocycles. The van der Waals surface area contributed by atoms with Crippen molar-refractivity contribution in [2.45, 2.75) is 0 Å². The zero-order valence-electron chi connectivity index (χ0n) is 33.1. The summed E-state index contributed by atoms with van der Waals surface area (Å²) < 4.78 is 1.22. The van der Waals surface area contributed by atoms with Crippen LogP contribution in [0.25, 0.3) is 110 Å². The van der Waals surface area contributed by atoms with Gasteiger partial charge in [-0.25, -0.2) is 15.0 Å². The van der Waals surface area contributed by atoms with Crippen LogP contribution in [0.5, 0.6) is 0 Å². The second-order valence-electron chi connectivity index (χ2n) is 15.2. The second kappa shape index (κ2) is 15.8. The van der Waals surface area contributed by atoms with E-state index in [1.54, 1.807) is 0 Å². The van der Waals surface area contributed by atoms with Gasteiger partial charge in [0.1, 0.15) is 0 Å². The van der Waals surface area contributed by atoms with Gasteiger partial charge in [-0.05, 0) is 63.7 Å². The summed E-state index contributed by atoms with van der Waals surface area (Å²) in [7, 11) is 0. The minimum Gasteiger partial charge on any atom is -0.247 e. The Hall–Kier alpha value is -7.79. The Labute approximate surface area is 359 Å². The van der Waals surface area contributed by atoms with E-state index in [2.05, 4.69) is 200 Å². The first kappa shape index (κ1) is 36.3. The van der Waals surface area contributed by atoms with E-state index in [9.17, 15) is 0 Å². The van der Waals surface area contributed by atoms with Gasteiger partial charge in [0.25, 0.3) is 0 Å². The number of nitrogens with zero attached hydrogens (tertiary/aromatic N) is 3. The molecular formula is C57H37N3S. The number of hydrogen-bond donors (Lipinski definition) is 0. The van der Waals surface area contributed by atoms with Crippen LogP contribution in [0.15, 0.2) is 224 Å². The summed E-state index contributed by atoms with van der Waals surface area (Å²) in [6.45, 7) is 0. The van der Waals surface area contributed by atoms with E-state index in [0.29, 0.717) is 5.82 Å². The molecule has 3 heterocycles. The Kier molecular flexibility index (Phi) is 9.38. The minimum atomic E-state index is 0.702.